The number of thioether (sulfide) groups is 1. The molecule has 28 heavy (non-hydrogen) atoms. The highest BCUT2D eigenvalue weighted by molar-refractivity contribution is 7.99. The van der Waals surface area contributed by atoms with Gasteiger partial charge in [-0.2, -0.15) is 0 Å². The van der Waals surface area contributed by atoms with Crippen molar-refractivity contribution < 1.29 is 0 Å². The molecule has 0 amide bonds. The number of piperazine rings is 1. The normalized spacial score (nSPS) is 19.4. The third kappa shape index (κ3) is 3.20. The smallest absolute Gasteiger partial charge is 0.128 e. The van der Waals surface area contributed by atoms with E-state index in [1.54, 1.807) is 5.56 Å². The number of hydrogen-bond acceptors (Lipinski definition) is 4. The van der Waals surface area contributed by atoms with Crippen LogP contribution in [-0.4, -0.2) is 41.0 Å². The van der Waals surface area contributed by atoms with E-state index in [4.69, 9.17) is 0 Å². The highest BCUT2D eigenvalue weighted by Crippen LogP contribution is 2.37. The van der Waals surface area contributed by atoms with Crippen LogP contribution in [0.25, 0.3) is 10.9 Å². The first-order chi connectivity index (χ1) is 13.7. The van der Waals surface area contributed by atoms with Crippen LogP contribution in [0.15, 0.2) is 41.4 Å². The lowest BCUT2D eigenvalue weighted by atomic mass is 10.0. The van der Waals surface area contributed by atoms with Gasteiger partial charge in [0.1, 0.15) is 5.82 Å². The SMILES string of the molecule is Cc1ccnc(N2CCNC(CCc3c(C)n4c5c(cccc35)SCC4)C2)c1. The molecular formula is C23H28N4S. The minimum Gasteiger partial charge on any atom is -0.354 e. The number of benzene rings is 1. The van der Waals surface area contributed by atoms with E-state index in [9.17, 15) is 0 Å². The van der Waals surface area contributed by atoms with E-state index >= 15 is 0 Å². The zero-order chi connectivity index (χ0) is 19.1. The van der Waals surface area contributed by atoms with Crippen molar-refractivity contribution in [3.63, 3.8) is 0 Å². The minimum atomic E-state index is 0.511. The molecule has 0 aliphatic carbocycles. The zero-order valence-electron chi connectivity index (χ0n) is 16.7. The molecule has 0 bridgehead atoms. The highest BCUT2D eigenvalue weighted by atomic mass is 32.2. The number of rotatable bonds is 4. The summed E-state index contributed by atoms with van der Waals surface area (Å²) in [6.45, 7) is 8.69. The van der Waals surface area contributed by atoms with Crippen LogP contribution in [0.1, 0.15) is 23.2 Å². The molecule has 0 radical (unpaired) electrons. The molecule has 2 aromatic heterocycles. The van der Waals surface area contributed by atoms with Gasteiger partial charge in [0.2, 0.25) is 0 Å². The van der Waals surface area contributed by atoms with E-state index in [0.717, 1.165) is 38.4 Å². The second-order valence-corrected chi connectivity index (χ2v) is 9.18. The molecule has 5 heteroatoms. The summed E-state index contributed by atoms with van der Waals surface area (Å²) in [5.74, 6) is 2.30. The number of aryl methyl sites for hydroxylation is 3. The molecule has 2 aliphatic heterocycles. The molecule has 0 spiro atoms. The Morgan fingerprint density at radius 1 is 1.21 bits per heavy atom. The van der Waals surface area contributed by atoms with Gasteiger partial charge >= 0.3 is 0 Å². The van der Waals surface area contributed by atoms with Gasteiger partial charge in [0.25, 0.3) is 0 Å². The van der Waals surface area contributed by atoms with Crippen LogP contribution in [0.4, 0.5) is 5.82 Å². The van der Waals surface area contributed by atoms with Crippen molar-refractivity contribution in [1.29, 1.82) is 0 Å². The standard InChI is InChI=1S/C23H28N4S/c1-16-8-9-25-22(14-16)26-11-10-24-18(15-26)6-7-19-17(2)27-12-13-28-21-5-3-4-20(19)23(21)27/h3-5,8-9,14,18,24H,6-7,10-13,15H2,1-2H3. The molecule has 146 valence electrons. The van der Waals surface area contributed by atoms with Crippen molar-refractivity contribution in [2.75, 3.05) is 30.3 Å². The molecule has 1 fully saturated rings. The molecule has 1 saturated heterocycles. The summed E-state index contributed by atoms with van der Waals surface area (Å²) in [6, 6.07) is 11.6. The molecular weight excluding hydrogens is 364 g/mol. The molecule has 0 saturated carbocycles. The van der Waals surface area contributed by atoms with Crippen molar-refractivity contribution in [3.05, 3.63) is 53.3 Å². The Morgan fingerprint density at radius 2 is 2.14 bits per heavy atom. The number of nitrogens with one attached hydrogen (secondary N) is 1. The number of nitrogens with zero attached hydrogens (tertiary/aromatic N) is 3. The van der Waals surface area contributed by atoms with Gasteiger partial charge in [-0.25, -0.2) is 4.98 Å². The van der Waals surface area contributed by atoms with Crippen LogP contribution in [-0.2, 0) is 13.0 Å². The van der Waals surface area contributed by atoms with Crippen molar-refractivity contribution in [2.24, 2.45) is 0 Å². The minimum absolute atomic E-state index is 0.511. The molecule has 1 N–H and O–H groups in total. The second-order valence-electron chi connectivity index (χ2n) is 8.04. The van der Waals surface area contributed by atoms with Crippen LogP contribution in [0.2, 0.25) is 0 Å². The lowest BCUT2D eigenvalue weighted by Gasteiger charge is -2.34. The van der Waals surface area contributed by atoms with Crippen LogP contribution in [0, 0.1) is 13.8 Å². The van der Waals surface area contributed by atoms with Gasteiger partial charge in [-0.1, -0.05) is 12.1 Å². The van der Waals surface area contributed by atoms with Crippen molar-refractivity contribution in [2.45, 2.75) is 44.2 Å². The van der Waals surface area contributed by atoms with Gasteiger partial charge in [0.05, 0.1) is 5.52 Å². The maximum Gasteiger partial charge on any atom is 0.128 e. The number of anilines is 1. The van der Waals surface area contributed by atoms with Crippen molar-refractivity contribution in [3.8, 4) is 0 Å². The first kappa shape index (κ1) is 18.1. The summed E-state index contributed by atoms with van der Waals surface area (Å²) in [5, 5.41) is 5.20. The Labute approximate surface area is 171 Å². The van der Waals surface area contributed by atoms with E-state index < -0.39 is 0 Å². The maximum absolute atomic E-state index is 4.59. The Morgan fingerprint density at radius 3 is 3.04 bits per heavy atom. The van der Waals surface area contributed by atoms with E-state index in [0.29, 0.717) is 6.04 Å². The van der Waals surface area contributed by atoms with Gasteiger partial charge in [-0.05, 0) is 56.0 Å². The lowest BCUT2D eigenvalue weighted by molar-refractivity contribution is 0.432. The summed E-state index contributed by atoms with van der Waals surface area (Å²) >= 11 is 2.00. The van der Waals surface area contributed by atoms with Gasteiger partial charge in [-0.15, -0.1) is 11.8 Å². The van der Waals surface area contributed by atoms with E-state index in [1.165, 1.54) is 39.2 Å². The van der Waals surface area contributed by atoms with Crippen LogP contribution >= 0.6 is 11.8 Å². The molecule has 1 atom stereocenters. The lowest BCUT2D eigenvalue weighted by Crippen LogP contribution is -2.51. The third-order valence-electron chi connectivity index (χ3n) is 6.23. The number of hydrogen-bond donors (Lipinski definition) is 1. The predicted molar refractivity (Wildman–Crippen MR) is 119 cm³/mol. The fraction of sp³-hybridized carbons (Fsp3) is 0.435. The van der Waals surface area contributed by atoms with E-state index in [1.807, 2.05) is 18.0 Å². The zero-order valence-corrected chi connectivity index (χ0v) is 17.6. The largest absolute Gasteiger partial charge is 0.354 e. The van der Waals surface area contributed by atoms with Crippen LogP contribution in [0.3, 0.4) is 0 Å². The summed E-state index contributed by atoms with van der Waals surface area (Å²) < 4.78 is 2.55. The first-order valence-electron chi connectivity index (χ1n) is 10.3. The van der Waals surface area contributed by atoms with Gasteiger partial charge in [0, 0.05) is 60.1 Å². The summed E-state index contributed by atoms with van der Waals surface area (Å²) in [6.07, 6.45) is 4.23. The quantitative estimate of drug-likeness (QED) is 0.722. The van der Waals surface area contributed by atoms with Gasteiger partial charge in [0.15, 0.2) is 0 Å². The van der Waals surface area contributed by atoms with Gasteiger partial charge in [-0.3, -0.25) is 0 Å². The highest BCUT2D eigenvalue weighted by Gasteiger charge is 2.23. The Bertz CT molecular complexity index is 1010. The number of pyridine rings is 1. The Hall–Kier alpha value is -1.98. The van der Waals surface area contributed by atoms with Crippen molar-refractivity contribution in [1.82, 2.24) is 14.9 Å². The fourth-order valence-electron chi connectivity index (χ4n) is 4.77. The second kappa shape index (κ2) is 7.45. The summed E-state index contributed by atoms with van der Waals surface area (Å²) in [4.78, 5) is 8.48. The monoisotopic (exact) mass is 392 g/mol. The number of aromatic nitrogens is 2. The molecule has 2 aliphatic rings. The summed E-state index contributed by atoms with van der Waals surface area (Å²) in [7, 11) is 0. The van der Waals surface area contributed by atoms with Gasteiger partial charge < -0.3 is 14.8 Å². The topological polar surface area (TPSA) is 33.1 Å². The molecule has 4 heterocycles. The third-order valence-corrected chi connectivity index (χ3v) is 7.26. The molecule has 5 rings (SSSR count). The van der Waals surface area contributed by atoms with E-state index in [2.05, 4.69) is 63.9 Å². The average Bonchev–Trinajstić information content (AvgIpc) is 3.00. The molecule has 4 nitrogen and oxygen atoms in total. The van der Waals surface area contributed by atoms with E-state index in [-0.39, 0.29) is 0 Å². The van der Waals surface area contributed by atoms with Crippen LogP contribution < -0.4 is 10.2 Å². The molecule has 3 aromatic rings. The fourth-order valence-corrected chi connectivity index (χ4v) is 5.79. The Balaban J connectivity index is 1.34. The van der Waals surface area contributed by atoms with Crippen molar-refractivity contribution >= 4 is 28.5 Å². The summed E-state index contributed by atoms with van der Waals surface area (Å²) in [5.41, 5.74) is 5.76. The van der Waals surface area contributed by atoms with Crippen LogP contribution in [0.5, 0.6) is 0 Å². The maximum atomic E-state index is 4.59. The molecule has 1 unspecified atom stereocenters. The molecule has 1 aromatic carbocycles. The predicted octanol–water partition coefficient (Wildman–Crippen LogP) is 4.17. The average molecular weight is 393 g/mol. The Kier molecular flexibility index (Phi) is 4.81. The first-order valence-corrected chi connectivity index (χ1v) is 11.3. The number of para-hydroxylation sites is 1.